The van der Waals surface area contributed by atoms with Crippen LogP contribution in [-0.4, -0.2) is 37.2 Å². The summed E-state index contributed by atoms with van der Waals surface area (Å²) in [5.41, 5.74) is 0. The van der Waals surface area contributed by atoms with E-state index in [-0.39, 0.29) is 31.1 Å². The summed E-state index contributed by atoms with van der Waals surface area (Å²) in [6, 6.07) is 0. The van der Waals surface area contributed by atoms with Crippen LogP contribution in [0.2, 0.25) is 0 Å². The molecular formula is C71H132O6. The molecule has 0 rings (SSSR count). The minimum atomic E-state index is -0.774. The van der Waals surface area contributed by atoms with Crippen molar-refractivity contribution in [1.82, 2.24) is 0 Å². The van der Waals surface area contributed by atoms with Crippen molar-refractivity contribution in [2.75, 3.05) is 13.2 Å². The molecule has 0 saturated heterocycles. The molecule has 0 fully saturated rings. The van der Waals surface area contributed by atoms with E-state index in [1.165, 1.54) is 263 Å². The molecule has 0 aliphatic carbocycles. The van der Waals surface area contributed by atoms with Gasteiger partial charge < -0.3 is 14.2 Å². The van der Waals surface area contributed by atoms with Gasteiger partial charge in [-0.2, -0.15) is 0 Å². The van der Waals surface area contributed by atoms with Crippen molar-refractivity contribution in [2.45, 2.75) is 386 Å². The van der Waals surface area contributed by atoms with E-state index in [0.29, 0.717) is 19.3 Å². The molecule has 0 bridgehead atoms. The summed E-state index contributed by atoms with van der Waals surface area (Å²) in [5, 5.41) is 0. The standard InChI is InChI=1S/C71H132O6/c1-4-7-10-13-16-18-20-22-24-26-28-29-30-31-32-33-34-35-36-37-38-39-40-41-42-44-45-47-49-51-53-55-58-61-64-70(73)76-67-68(66-75-69(72)63-60-57-15-12-9-6-3)77-71(74)65-62-59-56-54-52-50-48-46-43-27-25-23-21-19-17-14-11-8-5-2/h17,19,23,25,43,46,68H,4-16,18,20-22,24,26-42,44-45,47-67H2,1-3H3/b19-17-,25-23-,46-43-. The van der Waals surface area contributed by atoms with E-state index in [1.54, 1.807) is 0 Å². The number of rotatable bonds is 64. The lowest BCUT2D eigenvalue weighted by atomic mass is 10.0. The van der Waals surface area contributed by atoms with Crippen molar-refractivity contribution < 1.29 is 28.6 Å². The van der Waals surface area contributed by atoms with E-state index in [2.05, 4.69) is 57.2 Å². The van der Waals surface area contributed by atoms with Gasteiger partial charge in [0.05, 0.1) is 0 Å². The number of hydrogen-bond donors (Lipinski definition) is 0. The highest BCUT2D eigenvalue weighted by atomic mass is 16.6. The van der Waals surface area contributed by atoms with E-state index in [1.807, 2.05) is 0 Å². The van der Waals surface area contributed by atoms with Crippen molar-refractivity contribution >= 4 is 17.9 Å². The molecular weight excluding hydrogens is 949 g/mol. The minimum Gasteiger partial charge on any atom is -0.462 e. The Morgan fingerprint density at radius 2 is 0.468 bits per heavy atom. The van der Waals surface area contributed by atoms with E-state index in [4.69, 9.17) is 14.2 Å². The molecule has 0 saturated carbocycles. The smallest absolute Gasteiger partial charge is 0.306 e. The summed E-state index contributed by atoms with van der Waals surface area (Å²) < 4.78 is 16.8. The Kier molecular flexibility index (Phi) is 64.1. The van der Waals surface area contributed by atoms with E-state index < -0.39 is 6.10 Å². The molecule has 0 N–H and O–H groups in total. The molecule has 1 unspecified atom stereocenters. The number of allylic oxidation sites excluding steroid dienone is 6. The average Bonchev–Trinajstić information content (AvgIpc) is 3.43. The minimum absolute atomic E-state index is 0.0736. The number of ether oxygens (including phenoxy) is 3. The van der Waals surface area contributed by atoms with Crippen LogP contribution < -0.4 is 0 Å². The molecule has 77 heavy (non-hydrogen) atoms. The molecule has 0 heterocycles. The maximum Gasteiger partial charge on any atom is 0.306 e. The van der Waals surface area contributed by atoms with Gasteiger partial charge in [-0.05, 0) is 57.8 Å². The Bertz CT molecular complexity index is 1290. The van der Waals surface area contributed by atoms with Crippen LogP contribution in [0.4, 0.5) is 0 Å². The molecule has 0 aromatic carbocycles. The Morgan fingerprint density at radius 3 is 0.753 bits per heavy atom. The van der Waals surface area contributed by atoms with Crippen LogP contribution in [-0.2, 0) is 28.6 Å². The lowest BCUT2D eigenvalue weighted by Gasteiger charge is -2.18. The third-order valence-corrected chi connectivity index (χ3v) is 15.6. The Balaban J connectivity index is 3.92. The van der Waals surface area contributed by atoms with E-state index in [0.717, 1.165) is 77.0 Å². The van der Waals surface area contributed by atoms with Gasteiger partial charge in [-0.25, -0.2) is 0 Å². The van der Waals surface area contributed by atoms with Crippen LogP contribution in [0.25, 0.3) is 0 Å². The quantitative estimate of drug-likeness (QED) is 0.0261. The maximum atomic E-state index is 12.8. The summed E-state index contributed by atoms with van der Waals surface area (Å²) in [7, 11) is 0. The van der Waals surface area contributed by atoms with E-state index in [9.17, 15) is 14.4 Å². The van der Waals surface area contributed by atoms with Crippen LogP contribution in [0.15, 0.2) is 36.5 Å². The molecule has 0 radical (unpaired) electrons. The normalized spacial score (nSPS) is 12.2. The highest BCUT2D eigenvalue weighted by Crippen LogP contribution is 2.19. The maximum absolute atomic E-state index is 12.8. The topological polar surface area (TPSA) is 78.9 Å². The molecule has 0 aliphatic heterocycles. The molecule has 452 valence electrons. The van der Waals surface area contributed by atoms with Crippen LogP contribution in [0.3, 0.4) is 0 Å². The number of carbonyl (C=O) groups is 3. The highest BCUT2D eigenvalue weighted by molar-refractivity contribution is 5.71. The Morgan fingerprint density at radius 1 is 0.260 bits per heavy atom. The number of hydrogen-bond acceptors (Lipinski definition) is 6. The third kappa shape index (κ3) is 64.3. The van der Waals surface area contributed by atoms with Gasteiger partial charge in [0.2, 0.25) is 0 Å². The van der Waals surface area contributed by atoms with E-state index >= 15 is 0 Å². The zero-order valence-corrected chi connectivity index (χ0v) is 52.0. The summed E-state index contributed by atoms with van der Waals surface area (Å²) >= 11 is 0. The molecule has 6 heteroatoms. The summed E-state index contributed by atoms with van der Waals surface area (Å²) in [4.78, 5) is 38.0. The predicted octanol–water partition coefficient (Wildman–Crippen LogP) is 23.6. The van der Waals surface area contributed by atoms with Crippen molar-refractivity contribution in [1.29, 1.82) is 0 Å². The average molecular weight is 1080 g/mol. The van der Waals surface area contributed by atoms with Crippen LogP contribution >= 0.6 is 0 Å². The number of carbonyl (C=O) groups excluding carboxylic acids is 3. The molecule has 1 atom stereocenters. The number of unbranched alkanes of at least 4 members (excludes halogenated alkanes) is 47. The second kappa shape index (κ2) is 66.1. The molecule has 0 amide bonds. The predicted molar refractivity (Wildman–Crippen MR) is 335 cm³/mol. The Hall–Kier alpha value is -2.37. The van der Waals surface area contributed by atoms with Gasteiger partial charge in [-0.15, -0.1) is 0 Å². The first-order valence-electron chi connectivity index (χ1n) is 34.5. The summed E-state index contributed by atoms with van der Waals surface area (Å²) in [5.74, 6) is -0.876. The first-order valence-corrected chi connectivity index (χ1v) is 34.5. The van der Waals surface area contributed by atoms with Gasteiger partial charge in [0.15, 0.2) is 6.10 Å². The molecule has 0 aliphatic rings. The molecule has 0 spiro atoms. The number of esters is 3. The van der Waals surface area contributed by atoms with Gasteiger partial charge in [0.25, 0.3) is 0 Å². The van der Waals surface area contributed by atoms with Gasteiger partial charge in [-0.3, -0.25) is 14.4 Å². The first-order chi connectivity index (χ1) is 38.0. The van der Waals surface area contributed by atoms with Gasteiger partial charge >= 0.3 is 17.9 Å². The van der Waals surface area contributed by atoms with Crippen LogP contribution in [0.1, 0.15) is 380 Å². The van der Waals surface area contributed by atoms with Crippen molar-refractivity contribution in [3.63, 3.8) is 0 Å². The van der Waals surface area contributed by atoms with Crippen LogP contribution in [0.5, 0.6) is 0 Å². The second-order valence-electron chi connectivity index (χ2n) is 23.5. The first kappa shape index (κ1) is 74.6. The van der Waals surface area contributed by atoms with Crippen LogP contribution in [0, 0.1) is 0 Å². The van der Waals surface area contributed by atoms with Crippen molar-refractivity contribution in [2.24, 2.45) is 0 Å². The third-order valence-electron chi connectivity index (χ3n) is 15.6. The monoisotopic (exact) mass is 1080 g/mol. The van der Waals surface area contributed by atoms with Crippen molar-refractivity contribution in [3.05, 3.63) is 36.5 Å². The zero-order valence-electron chi connectivity index (χ0n) is 52.0. The SMILES string of the molecule is CCCCC/C=C\C/C=C\C/C=C\CCCCCCCCC(=O)OC(COC(=O)CCCCCCCC)COC(=O)CCCCCCCCCCCCCCCCCCCCCCCCCCCCCCCCCCCC. The highest BCUT2D eigenvalue weighted by Gasteiger charge is 2.19. The second-order valence-corrected chi connectivity index (χ2v) is 23.5. The molecule has 0 aromatic heterocycles. The molecule has 6 nitrogen and oxygen atoms in total. The summed E-state index contributed by atoms with van der Waals surface area (Å²) in [6.45, 7) is 6.60. The van der Waals surface area contributed by atoms with Gasteiger partial charge in [-0.1, -0.05) is 340 Å². The Labute approximate surface area is 480 Å². The fourth-order valence-corrected chi connectivity index (χ4v) is 10.5. The zero-order chi connectivity index (χ0) is 55.7. The lowest BCUT2D eigenvalue weighted by Crippen LogP contribution is -2.30. The largest absolute Gasteiger partial charge is 0.462 e. The van der Waals surface area contributed by atoms with Crippen molar-refractivity contribution in [3.8, 4) is 0 Å². The summed E-state index contributed by atoms with van der Waals surface area (Å²) in [6.07, 6.45) is 82.3. The van der Waals surface area contributed by atoms with Gasteiger partial charge in [0, 0.05) is 19.3 Å². The van der Waals surface area contributed by atoms with Gasteiger partial charge in [0.1, 0.15) is 13.2 Å². The fraction of sp³-hybridized carbons (Fsp3) is 0.873. The lowest BCUT2D eigenvalue weighted by molar-refractivity contribution is -0.167. The fourth-order valence-electron chi connectivity index (χ4n) is 10.5. The molecule has 0 aromatic rings.